The molecule has 0 saturated heterocycles. The lowest BCUT2D eigenvalue weighted by atomic mass is 10.4. The second-order valence-corrected chi connectivity index (χ2v) is 3.09. The van der Waals surface area contributed by atoms with Crippen LogP contribution >= 0.6 is 0 Å². The highest BCUT2D eigenvalue weighted by molar-refractivity contribution is 5.88. The maximum atomic E-state index is 10.6. The summed E-state index contributed by atoms with van der Waals surface area (Å²) < 4.78 is 14.5. The van der Waals surface area contributed by atoms with E-state index < -0.39 is 5.97 Å². The van der Waals surface area contributed by atoms with Crippen LogP contribution in [-0.2, 0) is 19.0 Å². The van der Waals surface area contributed by atoms with E-state index in [-0.39, 0.29) is 13.2 Å². The number of carbonyl (C=O) groups is 1. The largest absolute Gasteiger partial charge is 0.459 e. The molecule has 0 aliphatic carbocycles. The zero-order chi connectivity index (χ0) is 12.9. The first kappa shape index (κ1) is 15.2. The molecule has 0 N–H and O–H groups in total. The van der Waals surface area contributed by atoms with Gasteiger partial charge in [0.05, 0.1) is 13.7 Å². The minimum Gasteiger partial charge on any atom is -0.459 e. The summed E-state index contributed by atoms with van der Waals surface area (Å²) in [7, 11) is 1.27. The van der Waals surface area contributed by atoms with Crippen LogP contribution in [-0.4, -0.2) is 39.5 Å². The molecule has 4 heteroatoms. The van der Waals surface area contributed by atoms with Crippen LogP contribution in [0.25, 0.3) is 0 Å². The van der Waals surface area contributed by atoms with Crippen molar-refractivity contribution in [1.29, 1.82) is 0 Å². The van der Waals surface area contributed by atoms with E-state index in [1.54, 1.807) is 0 Å². The highest BCUT2D eigenvalue weighted by atomic mass is 16.5. The van der Waals surface area contributed by atoms with Gasteiger partial charge >= 0.3 is 5.97 Å². The molecule has 0 aromatic rings. The second kappa shape index (κ2) is 10.8. The van der Waals surface area contributed by atoms with Gasteiger partial charge in [-0.1, -0.05) is 29.9 Å². The number of hydrogen-bond acceptors (Lipinski definition) is 4. The normalized spacial score (nSPS) is 8.35. The van der Waals surface area contributed by atoms with Gasteiger partial charge in [0.2, 0.25) is 0 Å². The first-order valence-corrected chi connectivity index (χ1v) is 4.99. The van der Waals surface area contributed by atoms with Gasteiger partial charge in [-0.05, 0) is 6.92 Å². The zero-order valence-electron chi connectivity index (χ0n) is 10.2. The molecular formula is C13H16O4. The third-order valence-electron chi connectivity index (χ3n) is 1.37. The number of ether oxygens (including phenoxy) is 3. The molecule has 92 valence electrons. The number of carbonyl (C=O) groups excluding carboxylic acids is 1. The SMILES string of the molecule is C=C(C)COCC#CCOCC#CC(=O)OC. The smallest absolute Gasteiger partial charge is 0.384 e. The van der Waals surface area contributed by atoms with Gasteiger partial charge in [0.15, 0.2) is 0 Å². The minimum absolute atomic E-state index is 0.149. The van der Waals surface area contributed by atoms with Crippen molar-refractivity contribution in [3.63, 3.8) is 0 Å². The fraction of sp³-hybridized carbons (Fsp3) is 0.462. The van der Waals surface area contributed by atoms with Crippen molar-refractivity contribution < 1.29 is 19.0 Å². The summed E-state index contributed by atoms with van der Waals surface area (Å²) in [6.07, 6.45) is 0. The number of hydrogen-bond donors (Lipinski definition) is 0. The second-order valence-electron chi connectivity index (χ2n) is 3.09. The van der Waals surface area contributed by atoms with Gasteiger partial charge in [0.1, 0.15) is 19.8 Å². The molecule has 0 atom stereocenters. The van der Waals surface area contributed by atoms with Crippen LogP contribution in [0.3, 0.4) is 0 Å². The van der Waals surface area contributed by atoms with Gasteiger partial charge in [-0.2, -0.15) is 0 Å². The molecule has 0 bridgehead atoms. The molecular weight excluding hydrogens is 220 g/mol. The highest BCUT2D eigenvalue weighted by Crippen LogP contribution is 1.86. The van der Waals surface area contributed by atoms with Crippen LogP contribution in [0.15, 0.2) is 12.2 Å². The molecule has 0 fully saturated rings. The van der Waals surface area contributed by atoms with E-state index in [2.05, 4.69) is 35.0 Å². The zero-order valence-corrected chi connectivity index (χ0v) is 10.2. The molecule has 0 aliphatic rings. The maximum Gasteiger partial charge on any atom is 0.384 e. The van der Waals surface area contributed by atoms with Crippen molar-refractivity contribution in [3.8, 4) is 23.7 Å². The van der Waals surface area contributed by atoms with Gasteiger partial charge in [0, 0.05) is 5.92 Å². The Bertz CT molecular complexity index is 362. The molecule has 4 nitrogen and oxygen atoms in total. The van der Waals surface area contributed by atoms with Crippen molar-refractivity contribution in [1.82, 2.24) is 0 Å². The summed E-state index contributed by atoms with van der Waals surface area (Å²) >= 11 is 0. The van der Waals surface area contributed by atoms with Crippen LogP contribution < -0.4 is 0 Å². The molecule has 0 aromatic carbocycles. The number of methoxy groups -OCH3 is 1. The summed E-state index contributed by atoms with van der Waals surface area (Å²) in [6.45, 7) is 6.85. The van der Waals surface area contributed by atoms with Crippen LogP contribution in [0.5, 0.6) is 0 Å². The fourth-order valence-corrected chi connectivity index (χ4v) is 0.691. The average molecular weight is 236 g/mol. The number of esters is 1. The Morgan fingerprint density at radius 2 is 1.71 bits per heavy atom. The minimum atomic E-state index is -0.576. The van der Waals surface area contributed by atoms with Gasteiger partial charge in [-0.15, -0.1) is 0 Å². The summed E-state index contributed by atoms with van der Waals surface area (Å²) in [5.41, 5.74) is 0.959. The molecule has 0 aliphatic heterocycles. The molecule has 0 unspecified atom stereocenters. The summed E-state index contributed by atoms with van der Waals surface area (Å²) in [6, 6.07) is 0. The third kappa shape index (κ3) is 12.2. The van der Waals surface area contributed by atoms with Crippen molar-refractivity contribution in [2.45, 2.75) is 6.92 Å². The average Bonchev–Trinajstić information content (AvgIpc) is 2.30. The molecule has 0 aromatic heterocycles. The first-order chi connectivity index (χ1) is 8.16. The van der Waals surface area contributed by atoms with Crippen LogP contribution in [0.4, 0.5) is 0 Å². The molecule has 17 heavy (non-hydrogen) atoms. The van der Waals surface area contributed by atoms with E-state index in [1.165, 1.54) is 7.11 Å². The molecule has 0 heterocycles. The molecule has 0 saturated carbocycles. The highest BCUT2D eigenvalue weighted by Gasteiger charge is 1.87. The Labute approximate surface area is 102 Å². The lowest BCUT2D eigenvalue weighted by molar-refractivity contribution is -0.133. The standard InChI is InChI=1S/C13H16O4/c1-12(2)11-17-9-5-4-8-16-10-6-7-13(14)15-3/h1,8-11H2,2-3H3. The first-order valence-electron chi connectivity index (χ1n) is 4.99. The predicted octanol–water partition coefficient (Wildman–Crippen LogP) is 0.775. The molecule has 0 spiro atoms. The van der Waals surface area contributed by atoms with Gasteiger partial charge < -0.3 is 14.2 Å². The van der Waals surface area contributed by atoms with Gasteiger partial charge in [-0.25, -0.2) is 4.79 Å². The lowest BCUT2D eigenvalue weighted by Crippen LogP contribution is -1.98. The third-order valence-corrected chi connectivity index (χ3v) is 1.37. The van der Waals surface area contributed by atoms with Gasteiger partial charge in [-0.3, -0.25) is 0 Å². The Morgan fingerprint density at radius 1 is 1.12 bits per heavy atom. The van der Waals surface area contributed by atoms with Crippen molar-refractivity contribution in [3.05, 3.63) is 12.2 Å². The molecule has 0 amide bonds. The van der Waals surface area contributed by atoms with Crippen LogP contribution in [0, 0.1) is 23.7 Å². The van der Waals surface area contributed by atoms with Crippen molar-refractivity contribution in [2.24, 2.45) is 0 Å². The Balaban J connectivity index is 3.44. The van der Waals surface area contributed by atoms with E-state index in [0.29, 0.717) is 13.2 Å². The summed E-state index contributed by atoms with van der Waals surface area (Å²) in [5, 5.41) is 0. The summed E-state index contributed by atoms with van der Waals surface area (Å²) in [5.74, 6) is 9.68. The fourth-order valence-electron chi connectivity index (χ4n) is 0.691. The van der Waals surface area contributed by atoms with E-state index in [4.69, 9.17) is 9.47 Å². The van der Waals surface area contributed by atoms with Crippen LogP contribution in [0.1, 0.15) is 6.92 Å². The Hall–Kier alpha value is -1.75. The lowest BCUT2D eigenvalue weighted by Gasteiger charge is -1.96. The molecule has 0 radical (unpaired) electrons. The van der Waals surface area contributed by atoms with E-state index in [1.807, 2.05) is 6.92 Å². The van der Waals surface area contributed by atoms with E-state index in [0.717, 1.165) is 5.57 Å². The maximum absolute atomic E-state index is 10.6. The predicted molar refractivity (Wildman–Crippen MR) is 64.0 cm³/mol. The van der Waals surface area contributed by atoms with Gasteiger partial charge in [0.25, 0.3) is 0 Å². The quantitative estimate of drug-likeness (QED) is 0.232. The molecule has 0 rings (SSSR count). The Morgan fingerprint density at radius 3 is 2.29 bits per heavy atom. The monoisotopic (exact) mass is 236 g/mol. The number of rotatable bonds is 5. The topological polar surface area (TPSA) is 44.8 Å². The van der Waals surface area contributed by atoms with Crippen molar-refractivity contribution >= 4 is 5.97 Å². The van der Waals surface area contributed by atoms with E-state index >= 15 is 0 Å². The summed E-state index contributed by atoms with van der Waals surface area (Å²) in [4.78, 5) is 10.6. The van der Waals surface area contributed by atoms with E-state index in [9.17, 15) is 4.79 Å². The Kier molecular flexibility index (Phi) is 9.65. The van der Waals surface area contributed by atoms with Crippen LogP contribution in [0.2, 0.25) is 0 Å². The van der Waals surface area contributed by atoms with Crippen molar-refractivity contribution in [2.75, 3.05) is 33.5 Å².